The molecule has 30 heavy (non-hydrogen) atoms. The molecule has 0 nitrogen and oxygen atoms in total. The van der Waals surface area contributed by atoms with Crippen LogP contribution < -0.4 is 0 Å². The molecular formula is C28H24Cl2. The first-order valence-electron chi connectivity index (χ1n) is 9.84. The molecule has 0 bridgehead atoms. The second kappa shape index (κ2) is 10.8. The molecule has 150 valence electrons. The molecule has 0 unspecified atom stereocenters. The van der Waals surface area contributed by atoms with Crippen molar-refractivity contribution >= 4 is 29.3 Å². The average molecular weight is 431 g/mol. The Bertz CT molecular complexity index is 1110. The fraction of sp³-hybridized carbons (Fsp3) is 0.0714. The summed E-state index contributed by atoms with van der Waals surface area (Å²) in [5.74, 6) is 0. The van der Waals surface area contributed by atoms with Gasteiger partial charge in [-0.05, 0) is 58.9 Å². The van der Waals surface area contributed by atoms with Gasteiger partial charge in [0.25, 0.3) is 0 Å². The third-order valence-electron chi connectivity index (χ3n) is 4.87. The van der Waals surface area contributed by atoms with Crippen molar-refractivity contribution in [3.05, 3.63) is 124 Å². The van der Waals surface area contributed by atoms with E-state index in [2.05, 4.69) is 86.6 Å². The molecule has 0 radical (unpaired) electrons. The van der Waals surface area contributed by atoms with Gasteiger partial charge in [0, 0.05) is 0 Å². The summed E-state index contributed by atoms with van der Waals surface area (Å²) >= 11 is 11.2. The van der Waals surface area contributed by atoms with Crippen LogP contribution in [0.4, 0.5) is 0 Å². The highest BCUT2D eigenvalue weighted by molar-refractivity contribution is 6.57. The second-order valence-electron chi connectivity index (χ2n) is 7.05. The minimum atomic E-state index is 0.272. The minimum absolute atomic E-state index is 0.272. The molecule has 4 aromatic rings. The Morgan fingerprint density at radius 3 is 1.43 bits per heavy atom. The van der Waals surface area contributed by atoms with Crippen LogP contribution in [0.3, 0.4) is 0 Å². The van der Waals surface area contributed by atoms with E-state index in [4.69, 9.17) is 23.2 Å². The van der Waals surface area contributed by atoms with Crippen LogP contribution in [0.5, 0.6) is 0 Å². The van der Waals surface area contributed by atoms with Gasteiger partial charge in [0.15, 0.2) is 0 Å². The zero-order valence-electron chi connectivity index (χ0n) is 17.1. The van der Waals surface area contributed by atoms with E-state index in [9.17, 15) is 0 Å². The molecule has 4 aromatic carbocycles. The smallest absolute Gasteiger partial charge is 0.0709 e. The highest BCUT2D eigenvalue weighted by Gasteiger charge is 2.00. The van der Waals surface area contributed by atoms with Gasteiger partial charge in [0.1, 0.15) is 4.49 Å². The summed E-state index contributed by atoms with van der Waals surface area (Å²) < 4.78 is 0.272. The maximum Gasteiger partial charge on any atom is 0.107 e. The van der Waals surface area contributed by atoms with Crippen molar-refractivity contribution in [2.45, 2.75) is 13.8 Å². The lowest BCUT2D eigenvalue weighted by atomic mass is 10.00. The van der Waals surface area contributed by atoms with Crippen LogP contribution >= 0.6 is 23.2 Å². The Labute approximate surface area is 189 Å². The van der Waals surface area contributed by atoms with Crippen molar-refractivity contribution < 1.29 is 0 Å². The largest absolute Gasteiger partial charge is 0.107 e. The van der Waals surface area contributed by atoms with Gasteiger partial charge in [-0.3, -0.25) is 0 Å². The fourth-order valence-corrected chi connectivity index (χ4v) is 3.55. The van der Waals surface area contributed by atoms with Gasteiger partial charge >= 0.3 is 0 Å². The predicted octanol–water partition coefficient (Wildman–Crippen LogP) is 9.10. The molecule has 4 rings (SSSR count). The molecule has 0 fully saturated rings. The van der Waals surface area contributed by atoms with E-state index >= 15 is 0 Å². The zero-order chi connectivity index (χ0) is 21.3. The van der Waals surface area contributed by atoms with Gasteiger partial charge in [-0.25, -0.2) is 0 Å². The van der Waals surface area contributed by atoms with E-state index in [0.29, 0.717) is 0 Å². The maximum atomic E-state index is 5.62. The van der Waals surface area contributed by atoms with Crippen molar-refractivity contribution in [1.82, 2.24) is 0 Å². The quantitative estimate of drug-likeness (QED) is 0.303. The first kappa shape index (κ1) is 21.9. The van der Waals surface area contributed by atoms with E-state index in [1.54, 1.807) is 6.08 Å². The van der Waals surface area contributed by atoms with Gasteiger partial charge in [-0.15, -0.1) is 0 Å². The van der Waals surface area contributed by atoms with Gasteiger partial charge < -0.3 is 0 Å². The molecule has 0 heterocycles. The lowest BCUT2D eigenvalue weighted by Gasteiger charge is -2.05. The van der Waals surface area contributed by atoms with Crippen molar-refractivity contribution in [2.24, 2.45) is 0 Å². The van der Waals surface area contributed by atoms with Crippen LogP contribution in [-0.2, 0) is 0 Å². The number of aryl methyl sites for hydroxylation is 2. The molecule has 0 atom stereocenters. The van der Waals surface area contributed by atoms with Crippen LogP contribution in [0.1, 0.15) is 16.7 Å². The van der Waals surface area contributed by atoms with Crippen molar-refractivity contribution in [3.63, 3.8) is 0 Å². The molecule has 0 amide bonds. The van der Waals surface area contributed by atoms with Crippen molar-refractivity contribution in [1.29, 1.82) is 0 Å². The topological polar surface area (TPSA) is 0 Å². The van der Waals surface area contributed by atoms with Gasteiger partial charge in [0.2, 0.25) is 0 Å². The minimum Gasteiger partial charge on any atom is -0.0709 e. The molecule has 0 aliphatic rings. The monoisotopic (exact) mass is 430 g/mol. The molecule has 0 aromatic heterocycles. The third kappa shape index (κ3) is 6.10. The number of hydrogen-bond donors (Lipinski definition) is 0. The summed E-state index contributed by atoms with van der Waals surface area (Å²) in [5, 5.41) is 0. The van der Waals surface area contributed by atoms with E-state index in [0.717, 1.165) is 5.56 Å². The van der Waals surface area contributed by atoms with Gasteiger partial charge in [-0.2, -0.15) is 0 Å². The van der Waals surface area contributed by atoms with E-state index in [-0.39, 0.29) is 4.49 Å². The number of halogens is 2. The lowest BCUT2D eigenvalue weighted by molar-refractivity contribution is 1.46. The average Bonchev–Trinajstić information content (AvgIpc) is 2.76. The normalized spacial score (nSPS) is 10.0. The molecule has 0 N–H and O–H groups in total. The van der Waals surface area contributed by atoms with Gasteiger partial charge in [-0.1, -0.05) is 126 Å². The Kier molecular flexibility index (Phi) is 7.90. The highest BCUT2D eigenvalue weighted by Crippen LogP contribution is 2.24. The first-order valence-corrected chi connectivity index (χ1v) is 10.6. The standard InChI is InChI=1S/C15H12Cl2.C13H12/c1-11-4-2-3-5-14(11)13-8-6-12(7-9-13)10-15(16)17;1-11-7-5-6-10-13(11)12-8-3-2-4-9-12/h2-10H,1H3;2-10H,1H3. The zero-order valence-corrected chi connectivity index (χ0v) is 18.7. The van der Waals surface area contributed by atoms with Crippen LogP contribution in [-0.4, -0.2) is 0 Å². The van der Waals surface area contributed by atoms with Gasteiger partial charge in [0.05, 0.1) is 0 Å². The molecule has 0 saturated heterocycles. The maximum absolute atomic E-state index is 5.62. The van der Waals surface area contributed by atoms with Crippen molar-refractivity contribution in [2.75, 3.05) is 0 Å². The summed E-state index contributed by atoms with van der Waals surface area (Å²) in [5.41, 5.74) is 8.66. The van der Waals surface area contributed by atoms with E-state index in [1.165, 1.54) is 33.4 Å². The summed E-state index contributed by atoms with van der Waals surface area (Å²) in [7, 11) is 0. The van der Waals surface area contributed by atoms with Crippen LogP contribution in [0.2, 0.25) is 0 Å². The highest BCUT2D eigenvalue weighted by atomic mass is 35.5. The number of hydrogen-bond acceptors (Lipinski definition) is 0. The Morgan fingerprint density at radius 1 is 0.533 bits per heavy atom. The summed E-state index contributed by atoms with van der Waals surface area (Å²) in [6.07, 6.45) is 1.73. The van der Waals surface area contributed by atoms with Crippen LogP contribution in [0.25, 0.3) is 28.3 Å². The van der Waals surface area contributed by atoms with Crippen LogP contribution in [0.15, 0.2) is 108 Å². The van der Waals surface area contributed by atoms with E-state index in [1.807, 2.05) is 30.3 Å². The number of rotatable bonds is 3. The Hall–Kier alpha value is -2.80. The molecule has 0 aliphatic carbocycles. The third-order valence-corrected chi connectivity index (χ3v) is 5.09. The molecule has 0 spiro atoms. The number of benzene rings is 4. The fourth-order valence-electron chi connectivity index (χ4n) is 3.30. The molecule has 0 aliphatic heterocycles. The summed E-state index contributed by atoms with van der Waals surface area (Å²) in [6.45, 7) is 4.25. The lowest BCUT2D eigenvalue weighted by Crippen LogP contribution is -1.82. The second-order valence-corrected chi connectivity index (χ2v) is 8.06. The van der Waals surface area contributed by atoms with E-state index < -0.39 is 0 Å². The molecule has 2 heteroatoms. The van der Waals surface area contributed by atoms with Crippen LogP contribution in [0, 0.1) is 13.8 Å². The first-order chi connectivity index (χ1) is 14.5. The summed E-state index contributed by atoms with van der Waals surface area (Å²) in [6, 6.07) is 35.4. The summed E-state index contributed by atoms with van der Waals surface area (Å²) in [4.78, 5) is 0. The SMILES string of the molecule is Cc1ccccc1-c1ccc(C=C(Cl)Cl)cc1.Cc1ccccc1-c1ccccc1. The Morgan fingerprint density at radius 2 is 0.967 bits per heavy atom. The Balaban J connectivity index is 0.000000177. The molecular weight excluding hydrogens is 407 g/mol. The molecule has 0 saturated carbocycles. The van der Waals surface area contributed by atoms with Crippen molar-refractivity contribution in [3.8, 4) is 22.3 Å². The predicted molar refractivity (Wildman–Crippen MR) is 133 cm³/mol.